The Morgan fingerprint density at radius 3 is 2.95 bits per heavy atom. The number of carboxylic acids is 1. The van der Waals surface area contributed by atoms with E-state index in [0.29, 0.717) is 17.5 Å². The molecule has 0 spiro atoms. The lowest BCUT2D eigenvalue weighted by molar-refractivity contribution is 0.0284. The molecule has 1 aliphatic heterocycles. The molecule has 1 fully saturated rings. The Morgan fingerprint density at radius 2 is 2.19 bits per heavy atom. The van der Waals surface area contributed by atoms with E-state index in [9.17, 15) is 9.90 Å². The number of carboxylic acid groups (broad SMARTS) is 1. The van der Waals surface area contributed by atoms with Crippen LogP contribution < -0.4 is 4.90 Å². The molecule has 1 aromatic heterocycles. The fourth-order valence-electron chi connectivity index (χ4n) is 2.80. The molecule has 1 aliphatic rings. The Balaban J connectivity index is 2.08. The molecule has 2 heterocycles. The lowest BCUT2D eigenvalue weighted by Gasteiger charge is -2.39. The van der Waals surface area contributed by atoms with Crippen molar-refractivity contribution in [2.24, 2.45) is 0 Å². The molecule has 110 valence electrons. The summed E-state index contributed by atoms with van der Waals surface area (Å²) in [4.78, 5) is 17.9. The van der Waals surface area contributed by atoms with Crippen LogP contribution in [0, 0.1) is 0 Å². The van der Waals surface area contributed by atoms with Crippen LogP contribution in [0.15, 0.2) is 30.5 Å². The number of rotatable bonds is 2. The van der Waals surface area contributed by atoms with E-state index in [1.807, 2.05) is 18.2 Å². The van der Waals surface area contributed by atoms with Crippen LogP contribution in [-0.2, 0) is 4.74 Å². The van der Waals surface area contributed by atoms with Gasteiger partial charge >= 0.3 is 5.97 Å². The molecule has 2 unspecified atom stereocenters. The van der Waals surface area contributed by atoms with Crippen molar-refractivity contribution in [3.05, 3.63) is 36.0 Å². The zero-order chi connectivity index (χ0) is 15.0. The molecule has 1 aromatic carbocycles. The van der Waals surface area contributed by atoms with Crippen LogP contribution in [0.25, 0.3) is 10.9 Å². The quantitative estimate of drug-likeness (QED) is 0.919. The third-order valence-corrected chi connectivity index (χ3v) is 4.17. The van der Waals surface area contributed by atoms with E-state index in [1.165, 1.54) is 6.20 Å². The number of morpholine rings is 1. The van der Waals surface area contributed by atoms with Gasteiger partial charge in [0.15, 0.2) is 0 Å². The second-order valence-corrected chi connectivity index (χ2v) is 5.38. The van der Waals surface area contributed by atoms with E-state index in [2.05, 4.69) is 23.7 Å². The number of aromatic nitrogens is 1. The molecule has 2 aromatic rings. The summed E-state index contributed by atoms with van der Waals surface area (Å²) in [5, 5.41) is 9.99. The van der Waals surface area contributed by atoms with E-state index in [0.717, 1.165) is 12.2 Å². The van der Waals surface area contributed by atoms with Gasteiger partial charge in [-0.15, -0.1) is 0 Å². The molecule has 0 saturated carbocycles. The second kappa shape index (κ2) is 5.33. The number of carbonyl (C=O) groups is 1. The number of nitrogens with zero attached hydrogens (tertiary/aromatic N) is 2. The second-order valence-electron chi connectivity index (χ2n) is 5.38. The largest absolute Gasteiger partial charge is 0.478 e. The summed E-state index contributed by atoms with van der Waals surface area (Å²) < 4.78 is 5.64. The van der Waals surface area contributed by atoms with Crippen molar-refractivity contribution >= 4 is 22.6 Å². The molecular weight excluding hydrogens is 268 g/mol. The van der Waals surface area contributed by atoms with Crippen molar-refractivity contribution in [1.82, 2.24) is 4.98 Å². The van der Waals surface area contributed by atoms with Crippen molar-refractivity contribution in [2.45, 2.75) is 26.0 Å². The minimum Gasteiger partial charge on any atom is -0.478 e. The first-order chi connectivity index (χ1) is 10.1. The lowest BCUT2D eigenvalue weighted by atomic mass is 10.1. The number of ether oxygens (including phenoxy) is 1. The van der Waals surface area contributed by atoms with Crippen LogP contribution in [0.3, 0.4) is 0 Å². The third kappa shape index (κ3) is 2.45. The summed E-state index contributed by atoms with van der Waals surface area (Å²) in [5.41, 5.74) is 2.00. The van der Waals surface area contributed by atoms with Gasteiger partial charge in [0, 0.05) is 23.8 Å². The summed E-state index contributed by atoms with van der Waals surface area (Å²) in [5.74, 6) is -0.928. The molecule has 5 nitrogen and oxygen atoms in total. The van der Waals surface area contributed by atoms with Crippen molar-refractivity contribution in [1.29, 1.82) is 0 Å². The van der Waals surface area contributed by atoms with Gasteiger partial charge in [0.1, 0.15) is 0 Å². The van der Waals surface area contributed by atoms with Crippen LogP contribution in [0.2, 0.25) is 0 Å². The van der Waals surface area contributed by atoms with Crippen LogP contribution in [-0.4, -0.2) is 41.4 Å². The van der Waals surface area contributed by atoms with Crippen molar-refractivity contribution in [3.63, 3.8) is 0 Å². The molecule has 5 heteroatoms. The fraction of sp³-hybridized carbons (Fsp3) is 0.375. The average molecular weight is 286 g/mol. The number of aromatic carboxylic acids is 1. The minimum absolute atomic E-state index is 0.155. The van der Waals surface area contributed by atoms with Gasteiger partial charge in [0.25, 0.3) is 0 Å². The predicted octanol–water partition coefficient (Wildman–Crippen LogP) is 2.55. The van der Waals surface area contributed by atoms with E-state index in [4.69, 9.17) is 4.74 Å². The van der Waals surface area contributed by atoms with Crippen molar-refractivity contribution in [2.75, 3.05) is 18.1 Å². The van der Waals surface area contributed by atoms with E-state index in [-0.39, 0.29) is 17.7 Å². The van der Waals surface area contributed by atoms with Gasteiger partial charge in [0.05, 0.1) is 29.8 Å². The first kappa shape index (κ1) is 13.8. The maximum atomic E-state index is 11.4. The Hall–Kier alpha value is -2.14. The summed E-state index contributed by atoms with van der Waals surface area (Å²) in [6.45, 7) is 5.67. The maximum absolute atomic E-state index is 11.4. The molecule has 0 amide bonds. The standard InChI is InChI=1S/C16H18N2O3/c1-10-11(2)21-8-7-18(10)12-3-4-15-14(9-12)13(16(19)20)5-6-17-15/h3-6,9-11H,7-8H2,1-2H3,(H,19,20). The molecule has 0 aliphatic carbocycles. The Morgan fingerprint density at radius 1 is 1.38 bits per heavy atom. The van der Waals surface area contributed by atoms with E-state index < -0.39 is 5.97 Å². The van der Waals surface area contributed by atoms with Crippen LogP contribution >= 0.6 is 0 Å². The molecule has 3 rings (SSSR count). The zero-order valence-corrected chi connectivity index (χ0v) is 12.1. The highest BCUT2D eigenvalue weighted by molar-refractivity contribution is 6.03. The molecule has 21 heavy (non-hydrogen) atoms. The van der Waals surface area contributed by atoms with Gasteiger partial charge in [-0.3, -0.25) is 4.98 Å². The molecule has 2 atom stereocenters. The van der Waals surface area contributed by atoms with Gasteiger partial charge in [-0.2, -0.15) is 0 Å². The fourth-order valence-corrected chi connectivity index (χ4v) is 2.80. The first-order valence-electron chi connectivity index (χ1n) is 7.08. The summed E-state index contributed by atoms with van der Waals surface area (Å²) >= 11 is 0. The third-order valence-electron chi connectivity index (χ3n) is 4.17. The molecular formula is C16H18N2O3. The highest BCUT2D eigenvalue weighted by Gasteiger charge is 2.26. The minimum atomic E-state index is -0.928. The Bertz CT molecular complexity index is 686. The summed E-state index contributed by atoms with van der Waals surface area (Å²) in [7, 11) is 0. The number of hydrogen-bond acceptors (Lipinski definition) is 4. The van der Waals surface area contributed by atoms with Gasteiger partial charge in [-0.05, 0) is 38.1 Å². The van der Waals surface area contributed by atoms with E-state index >= 15 is 0 Å². The monoisotopic (exact) mass is 286 g/mol. The van der Waals surface area contributed by atoms with Crippen LogP contribution in [0.5, 0.6) is 0 Å². The number of pyridine rings is 1. The van der Waals surface area contributed by atoms with Gasteiger partial charge in [-0.1, -0.05) is 0 Å². The van der Waals surface area contributed by atoms with Gasteiger partial charge in [-0.25, -0.2) is 4.79 Å². The first-order valence-corrected chi connectivity index (χ1v) is 7.08. The average Bonchev–Trinajstić information content (AvgIpc) is 2.48. The molecule has 1 N–H and O–H groups in total. The number of hydrogen-bond donors (Lipinski definition) is 1. The van der Waals surface area contributed by atoms with Gasteiger partial charge in [0.2, 0.25) is 0 Å². The number of anilines is 1. The smallest absolute Gasteiger partial charge is 0.336 e. The topological polar surface area (TPSA) is 62.7 Å². The zero-order valence-electron chi connectivity index (χ0n) is 12.1. The molecule has 0 radical (unpaired) electrons. The molecule has 0 bridgehead atoms. The summed E-state index contributed by atoms with van der Waals surface area (Å²) in [6, 6.07) is 7.58. The Kier molecular flexibility index (Phi) is 3.51. The van der Waals surface area contributed by atoms with Crippen LogP contribution in [0.4, 0.5) is 5.69 Å². The van der Waals surface area contributed by atoms with Crippen LogP contribution in [0.1, 0.15) is 24.2 Å². The van der Waals surface area contributed by atoms with Crippen molar-refractivity contribution in [3.8, 4) is 0 Å². The van der Waals surface area contributed by atoms with Crippen molar-refractivity contribution < 1.29 is 14.6 Å². The number of fused-ring (bicyclic) bond motifs is 1. The highest BCUT2D eigenvalue weighted by atomic mass is 16.5. The van der Waals surface area contributed by atoms with Gasteiger partial charge < -0.3 is 14.7 Å². The van der Waals surface area contributed by atoms with E-state index in [1.54, 1.807) is 6.07 Å². The maximum Gasteiger partial charge on any atom is 0.336 e. The molecule has 1 saturated heterocycles. The lowest BCUT2D eigenvalue weighted by Crippen LogP contribution is -2.48. The SMILES string of the molecule is CC1OCCN(c2ccc3nccc(C(=O)O)c3c2)C1C. The highest BCUT2D eigenvalue weighted by Crippen LogP contribution is 2.27. The normalized spacial score (nSPS) is 22.5. The summed E-state index contributed by atoms with van der Waals surface area (Å²) in [6.07, 6.45) is 1.69. The Labute approximate surface area is 123 Å². The predicted molar refractivity (Wildman–Crippen MR) is 80.9 cm³/mol. The number of benzene rings is 1.